The third kappa shape index (κ3) is 5.66. The SMILES string of the molecule is COc1cc(C(=O)N[C@@H]2CCCN(C)C2)ccc1Nc1ncc2c(n1)N(C1CCCC1)CC(C)(C)C(=O)N2C. The van der Waals surface area contributed by atoms with Crippen LogP contribution in [-0.2, 0) is 4.79 Å². The van der Waals surface area contributed by atoms with E-state index >= 15 is 0 Å². The fraction of sp³-hybridized carbons (Fsp3) is 0.586. The second-order valence-electron chi connectivity index (χ2n) is 11.8. The fourth-order valence-electron chi connectivity index (χ4n) is 6.13. The Bertz CT molecular complexity index is 1230. The van der Waals surface area contributed by atoms with Crippen molar-refractivity contribution in [1.29, 1.82) is 0 Å². The summed E-state index contributed by atoms with van der Waals surface area (Å²) >= 11 is 0. The van der Waals surface area contributed by atoms with Crippen molar-refractivity contribution in [3.63, 3.8) is 0 Å². The van der Waals surface area contributed by atoms with E-state index in [2.05, 4.69) is 32.5 Å². The number of amides is 2. The summed E-state index contributed by atoms with van der Waals surface area (Å²) in [7, 11) is 5.46. The molecule has 2 aromatic rings. The van der Waals surface area contributed by atoms with Gasteiger partial charge in [-0.2, -0.15) is 4.98 Å². The van der Waals surface area contributed by atoms with Crippen LogP contribution in [0.2, 0.25) is 0 Å². The van der Waals surface area contributed by atoms with Gasteiger partial charge in [0.1, 0.15) is 11.4 Å². The molecular formula is C29H41N7O3. The van der Waals surface area contributed by atoms with Crippen LogP contribution in [0.3, 0.4) is 0 Å². The van der Waals surface area contributed by atoms with Crippen LogP contribution < -0.4 is 25.2 Å². The van der Waals surface area contributed by atoms with Gasteiger partial charge in [-0.3, -0.25) is 9.59 Å². The van der Waals surface area contributed by atoms with Gasteiger partial charge in [0.25, 0.3) is 5.91 Å². The number of rotatable bonds is 6. The molecule has 2 fully saturated rings. The van der Waals surface area contributed by atoms with Crippen molar-refractivity contribution < 1.29 is 14.3 Å². The third-order valence-corrected chi connectivity index (χ3v) is 8.27. The van der Waals surface area contributed by atoms with Crippen LogP contribution in [0.25, 0.3) is 0 Å². The molecule has 2 amide bonds. The Labute approximate surface area is 231 Å². The van der Waals surface area contributed by atoms with Crippen molar-refractivity contribution in [3.8, 4) is 5.75 Å². The molecule has 0 bridgehead atoms. The first-order chi connectivity index (χ1) is 18.7. The number of anilines is 4. The Hall–Kier alpha value is -3.40. The van der Waals surface area contributed by atoms with Crippen molar-refractivity contribution in [2.75, 3.05) is 56.0 Å². The molecule has 3 aliphatic rings. The van der Waals surface area contributed by atoms with Gasteiger partial charge in [0.15, 0.2) is 5.82 Å². The van der Waals surface area contributed by atoms with Crippen LogP contribution in [0.5, 0.6) is 5.75 Å². The van der Waals surface area contributed by atoms with Gasteiger partial charge in [0.2, 0.25) is 11.9 Å². The van der Waals surface area contributed by atoms with Gasteiger partial charge in [0, 0.05) is 37.8 Å². The van der Waals surface area contributed by atoms with E-state index in [1.54, 1.807) is 37.4 Å². The first-order valence-electron chi connectivity index (χ1n) is 14.0. The number of piperidine rings is 1. The average molecular weight is 536 g/mol. The van der Waals surface area contributed by atoms with Crippen LogP contribution in [0.1, 0.15) is 62.7 Å². The predicted molar refractivity (Wildman–Crippen MR) is 153 cm³/mol. The highest BCUT2D eigenvalue weighted by atomic mass is 16.5. The molecule has 10 heteroatoms. The molecule has 3 heterocycles. The lowest BCUT2D eigenvalue weighted by Gasteiger charge is -2.34. The van der Waals surface area contributed by atoms with Crippen molar-refractivity contribution in [2.24, 2.45) is 5.41 Å². The van der Waals surface area contributed by atoms with E-state index in [0.717, 1.165) is 50.3 Å². The molecule has 0 radical (unpaired) electrons. The van der Waals surface area contributed by atoms with Crippen molar-refractivity contribution in [1.82, 2.24) is 20.2 Å². The third-order valence-electron chi connectivity index (χ3n) is 8.27. The zero-order valence-corrected chi connectivity index (χ0v) is 23.8. The lowest BCUT2D eigenvalue weighted by Crippen LogP contribution is -2.46. The van der Waals surface area contributed by atoms with Crippen LogP contribution >= 0.6 is 0 Å². The van der Waals surface area contributed by atoms with E-state index in [9.17, 15) is 9.59 Å². The highest BCUT2D eigenvalue weighted by Gasteiger charge is 2.41. The molecule has 1 aromatic heterocycles. The first-order valence-corrected chi connectivity index (χ1v) is 14.0. The summed E-state index contributed by atoms with van der Waals surface area (Å²) < 4.78 is 5.64. The van der Waals surface area contributed by atoms with E-state index in [0.29, 0.717) is 35.5 Å². The minimum atomic E-state index is -0.543. The molecule has 0 unspecified atom stereocenters. The van der Waals surface area contributed by atoms with E-state index in [-0.39, 0.29) is 17.9 Å². The van der Waals surface area contributed by atoms with Gasteiger partial charge in [-0.1, -0.05) is 12.8 Å². The number of methoxy groups -OCH3 is 1. The number of carbonyl (C=O) groups is 2. The quantitative estimate of drug-likeness (QED) is 0.576. The maximum atomic E-state index is 13.3. The highest BCUT2D eigenvalue weighted by molar-refractivity contribution is 6.01. The zero-order chi connectivity index (χ0) is 27.7. The van der Waals surface area contributed by atoms with Gasteiger partial charge >= 0.3 is 0 Å². The summed E-state index contributed by atoms with van der Waals surface area (Å²) in [5.41, 5.74) is 1.38. The lowest BCUT2D eigenvalue weighted by atomic mass is 9.91. The lowest BCUT2D eigenvalue weighted by molar-refractivity contribution is -0.125. The molecule has 1 atom stereocenters. The molecule has 5 rings (SSSR count). The Morgan fingerprint density at radius 1 is 1.13 bits per heavy atom. The van der Waals surface area contributed by atoms with Crippen LogP contribution in [0.15, 0.2) is 24.4 Å². The number of likely N-dealkylation sites (tertiary alicyclic amines) is 1. The second kappa shape index (κ2) is 11.0. The molecule has 10 nitrogen and oxygen atoms in total. The maximum Gasteiger partial charge on any atom is 0.251 e. The fourth-order valence-corrected chi connectivity index (χ4v) is 6.13. The Balaban J connectivity index is 1.40. The summed E-state index contributed by atoms with van der Waals surface area (Å²) in [6.07, 6.45) is 8.34. The van der Waals surface area contributed by atoms with Crippen LogP contribution in [0, 0.1) is 5.41 Å². The molecule has 39 heavy (non-hydrogen) atoms. The number of hydrogen-bond acceptors (Lipinski definition) is 8. The molecule has 1 saturated carbocycles. The number of likely N-dealkylation sites (N-methyl/N-ethyl adjacent to an activating group) is 1. The molecule has 2 aliphatic heterocycles. The van der Waals surface area contributed by atoms with Crippen LogP contribution in [-0.4, -0.2) is 79.6 Å². The molecule has 210 valence electrons. The Kier molecular flexibility index (Phi) is 7.66. The normalized spacial score (nSPS) is 21.9. The predicted octanol–water partition coefficient (Wildman–Crippen LogP) is 3.80. The zero-order valence-electron chi connectivity index (χ0n) is 23.8. The minimum Gasteiger partial charge on any atom is -0.495 e. The smallest absolute Gasteiger partial charge is 0.251 e. The number of nitrogens with zero attached hydrogens (tertiary/aromatic N) is 5. The molecule has 1 aromatic carbocycles. The number of hydrogen-bond donors (Lipinski definition) is 2. The van der Waals surface area contributed by atoms with Crippen molar-refractivity contribution >= 4 is 35.0 Å². The maximum absolute atomic E-state index is 13.3. The van der Waals surface area contributed by atoms with E-state index < -0.39 is 5.41 Å². The van der Waals surface area contributed by atoms with Gasteiger partial charge < -0.3 is 30.1 Å². The Morgan fingerprint density at radius 2 is 1.90 bits per heavy atom. The van der Waals surface area contributed by atoms with E-state index in [1.807, 2.05) is 19.9 Å². The summed E-state index contributed by atoms with van der Waals surface area (Å²) in [4.78, 5) is 41.9. The average Bonchev–Trinajstić information content (AvgIpc) is 3.44. The number of carbonyl (C=O) groups excluding carboxylic acids is 2. The number of nitrogens with one attached hydrogen (secondary N) is 2. The number of ether oxygens (including phenoxy) is 1. The molecule has 1 saturated heterocycles. The minimum absolute atomic E-state index is 0.0592. The van der Waals surface area contributed by atoms with E-state index in [1.165, 1.54) is 12.8 Å². The first kappa shape index (κ1) is 27.2. The van der Waals surface area contributed by atoms with Crippen molar-refractivity contribution in [2.45, 2.75) is 64.5 Å². The molecule has 0 spiro atoms. The van der Waals surface area contributed by atoms with Crippen LogP contribution in [0.4, 0.5) is 23.1 Å². The van der Waals surface area contributed by atoms with Gasteiger partial charge in [-0.15, -0.1) is 0 Å². The number of benzene rings is 1. The van der Waals surface area contributed by atoms with Gasteiger partial charge in [-0.05, 0) is 71.3 Å². The van der Waals surface area contributed by atoms with Gasteiger partial charge in [-0.25, -0.2) is 4.98 Å². The number of fused-ring (bicyclic) bond motifs is 1. The van der Waals surface area contributed by atoms with Gasteiger partial charge in [0.05, 0.1) is 24.4 Å². The summed E-state index contributed by atoms with van der Waals surface area (Å²) in [5.74, 6) is 1.67. The molecule has 2 N–H and O–H groups in total. The molecule has 1 aliphatic carbocycles. The second-order valence-corrected chi connectivity index (χ2v) is 11.8. The number of aromatic nitrogens is 2. The topological polar surface area (TPSA) is 103 Å². The summed E-state index contributed by atoms with van der Waals surface area (Å²) in [6.45, 7) is 6.53. The van der Waals surface area contributed by atoms with Crippen molar-refractivity contribution in [3.05, 3.63) is 30.0 Å². The summed E-state index contributed by atoms with van der Waals surface area (Å²) in [6, 6.07) is 5.85. The largest absolute Gasteiger partial charge is 0.495 e. The molecular weight excluding hydrogens is 494 g/mol. The highest BCUT2D eigenvalue weighted by Crippen LogP contribution is 2.40. The summed E-state index contributed by atoms with van der Waals surface area (Å²) in [5, 5.41) is 6.44. The van der Waals surface area contributed by atoms with E-state index in [4.69, 9.17) is 9.72 Å². The Morgan fingerprint density at radius 3 is 2.62 bits per heavy atom. The monoisotopic (exact) mass is 535 g/mol. The standard InChI is InChI=1S/C29H41N7O3/c1-29(2)18-36(21-10-6-7-11-21)25-23(35(4)27(29)38)16-30-28(33-25)32-22-13-12-19(15-24(22)39-5)26(37)31-20-9-8-14-34(3)17-20/h12-13,15-16,20-21H,6-11,14,17-18H2,1-5H3,(H,31,37)(H,30,32,33)/t20-/m1/s1.